The van der Waals surface area contributed by atoms with Gasteiger partial charge >= 0.3 is 0 Å². The second-order valence-electron chi connectivity index (χ2n) is 4.67. The summed E-state index contributed by atoms with van der Waals surface area (Å²) in [5, 5.41) is 4.28. The minimum absolute atomic E-state index is 0.826. The van der Waals surface area contributed by atoms with Gasteiger partial charge in [-0.25, -0.2) is 4.98 Å². The van der Waals surface area contributed by atoms with E-state index in [1.165, 1.54) is 4.88 Å². The van der Waals surface area contributed by atoms with Crippen LogP contribution in [0.2, 0.25) is 0 Å². The number of aromatic nitrogens is 1. The number of rotatable bonds is 4. The third-order valence-electron chi connectivity index (χ3n) is 3.19. The molecule has 3 aromatic rings. The van der Waals surface area contributed by atoms with Gasteiger partial charge in [0.1, 0.15) is 5.01 Å². The van der Waals surface area contributed by atoms with Crippen molar-refractivity contribution < 1.29 is 0 Å². The molecule has 106 valence electrons. The molecule has 0 spiro atoms. The van der Waals surface area contributed by atoms with Crippen LogP contribution in [0, 0.1) is 0 Å². The van der Waals surface area contributed by atoms with E-state index in [2.05, 4.69) is 57.6 Å². The van der Waals surface area contributed by atoms with Crippen molar-refractivity contribution in [3.05, 3.63) is 63.9 Å². The standard InChI is InChI=1S/C17H15BrN2S/c1-19-11-15-16(12-7-3-2-4-8-12)20-17(21-15)13-9-5-6-10-14(13)18/h2-10,19H,11H2,1H3. The van der Waals surface area contributed by atoms with Crippen LogP contribution in [0.5, 0.6) is 0 Å². The molecule has 0 amide bonds. The van der Waals surface area contributed by atoms with Crippen molar-refractivity contribution in [2.45, 2.75) is 6.54 Å². The predicted molar refractivity (Wildman–Crippen MR) is 93.4 cm³/mol. The minimum atomic E-state index is 0.826. The van der Waals surface area contributed by atoms with Crippen LogP contribution in [-0.4, -0.2) is 12.0 Å². The molecule has 1 N–H and O–H groups in total. The lowest BCUT2D eigenvalue weighted by Gasteiger charge is -2.01. The first kappa shape index (κ1) is 14.4. The molecule has 2 nitrogen and oxygen atoms in total. The van der Waals surface area contributed by atoms with Gasteiger partial charge in [0.25, 0.3) is 0 Å². The SMILES string of the molecule is CNCc1sc(-c2ccccc2Br)nc1-c1ccccc1. The van der Waals surface area contributed by atoms with Gasteiger partial charge in [-0.2, -0.15) is 0 Å². The second-order valence-corrected chi connectivity index (χ2v) is 6.60. The summed E-state index contributed by atoms with van der Waals surface area (Å²) >= 11 is 5.36. The van der Waals surface area contributed by atoms with Gasteiger partial charge in [-0.3, -0.25) is 0 Å². The number of halogens is 1. The maximum absolute atomic E-state index is 4.88. The van der Waals surface area contributed by atoms with Crippen LogP contribution in [0.4, 0.5) is 0 Å². The molecule has 0 bridgehead atoms. The van der Waals surface area contributed by atoms with E-state index >= 15 is 0 Å². The van der Waals surface area contributed by atoms with Crippen LogP contribution >= 0.6 is 27.3 Å². The number of thiazole rings is 1. The molecule has 3 rings (SSSR count). The Labute approximate surface area is 137 Å². The van der Waals surface area contributed by atoms with E-state index in [4.69, 9.17) is 4.98 Å². The molecule has 1 aromatic heterocycles. The van der Waals surface area contributed by atoms with E-state index < -0.39 is 0 Å². The Balaban J connectivity index is 2.11. The Hall–Kier alpha value is -1.49. The molecular weight excluding hydrogens is 344 g/mol. The van der Waals surface area contributed by atoms with E-state index in [9.17, 15) is 0 Å². The topological polar surface area (TPSA) is 24.9 Å². The summed E-state index contributed by atoms with van der Waals surface area (Å²) in [7, 11) is 1.96. The fraction of sp³-hybridized carbons (Fsp3) is 0.118. The quantitative estimate of drug-likeness (QED) is 0.712. The second kappa shape index (κ2) is 6.52. The van der Waals surface area contributed by atoms with Crippen molar-refractivity contribution in [1.82, 2.24) is 10.3 Å². The Bertz CT molecular complexity index is 738. The first-order valence-corrected chi connectivity index (χ1v) is 8.35. The molecule has 0 aliphatic heterocycles. The molecule has 0 aliphatic carbocycles. The molecule has 1 heterocycles. The fourth-order valence-corrected chi connectivity index (χ4v) is 3.94. The number of hydrogen-bond donors (Lipinski definition) is 1. The summed E-state index contributed by atoms with van der Waals surface area (Å²) in [6.07, 6.45) is 0. The number of benzene rings is 2. The molecule has 2 aromatic carbocycles. The molecular formula is C17H15BrN2S. The summed E-state index contributed by atoms with van der Waals surface area (Å²) < 4.78 is 1.08. The first-order chi connectivity index (χ1) is 10.3. The molecule has 21 heavy (non-hydrogen) atoms. The van der Waals surface area contributed by atoms with Gasteiger partial charge in [-0.15, -0.1) is 11.3 Å². The molecule has 0 aliphatic rings. The number of nitrogens with one attached hydrogen (secondary N) is 1. The van der Waals surface area contributed by atoms with Crippen LogP contribution in [0.1, 0.15) is 4.88 Å². The van der Waals surface area contributed by atoms with Gasteiger partial charge in [-0.1, -0.05) is 64.5 Å². The highest BCUT2D eigenvalue weighted by molar-refractivity contribution is 9.10. The first-order valence-electron chi connectivity index (χ1n) is 6.74. The van der Waals surface area contributed by atoms with E-state index in [-0.39, 0.29) is 0 Å². The van der Waals surface area contributed by atoms with Crippen molar-refractivity contribution in [1.29, 1.82) is 0 Å². The van der Waals surface area contributed by atoms with E-state index in [0.717, 1.165) is 32.8 Å². The highest BCUT2D eigenvalue weighted by Gasteiger charge is 2.15. The van der Waals surface area contributed by atoms with Crippen LogP contribution in [-0.2, 0) is 6.54 Å². The monoisotopic (exact) mass is 358 g/mol. The minimum Gasteiger partial charge on any atom is -0.315 e. The van der Waals surface area contributed by atoms with Gasteiger partial charge in [0.05, 0.1) is 5.69 Å². The highest BCUT2D eigenvalue weighted by atomic mass is 79.9. The molecule has 0 saturated carbocycles. The van der Waals surface area contributed by atoms with Crippen LogP contribution in [0.25, 0.3) is 21.8 Å². The summed E-state index contributed by atoms with van der Waals surface area (Å²) in [6.45, 7) is 0.826. The fourth-order valence-electron chi connectivity index (χ4n) is 2.20. The van der Waals surface area contributed by atoms with Crippen LogP contribution in [0.3, 0.4) is 0 Å². The predicted octanol–water partition coefficient (Wildman–Crippen LogP) is 4.96. The Morgan fingerprint density at radius 2 is 1.76 bits per heavy atom. The Morgan fingerprint density at radius 1 is 1.05 bits per heavy atom. The van der Waals surface area contributed by atoms with E-state index in [0.29, 0.717) is 0 Å². The van der Waals surface area contributed by atoms with Gasteiger partial charge in [-0.05, 0) is 13.1 Å². The third kappa shape index (κ3) is 3.07. The normalized spacial score (nSPS) is 10.8. The van der Waals surface area contributed by atoms with Gasteiger partial charge < -0.3 is 5.32 Å². The maximum Gasteiger partial charge on any atom is 0.125 e. The lowest BCUT2D eigenvalue weighted by molar-refractivity contribution is 0.831. The van der Waals surface area contributed by atoms with Crippen LogP contribution < -0.4 is 5.32 Å². The van der Waals surface area contributed by atoms with E-state index in [1.807, 2.05) is 25.2 Å². The average Bonchev–Trinajstić information content (AvgIpc) is 2.93. The summed E-state index contributed by atoms with van der Waals surface area (Å²) in [5.74, 6) is 0. The zero-order valence-corrected chi connectivity index (χ0v) is 14.0. The highest BCUT2D eigenvalue weighted by Crippen LogP contribution is 2.36. The largest absolute Gasteiger partial charge is 0.315 e. The number of hydrogen-bond acceptors (Lipinski definition) is 3. The van der Waals surface area contributed by atoms with Crippen molar-refractivity contribution in [3.63, 3.8) is 0 Å². The summed E-state index contributed by atoms with van der Waals surface area (Å²) in [4.78, 5) is 6.14. The molecule has 4 heteroatoms. The summed E-state index contributed by atoms with van der Waals surface area (Å²) in [6, 6.07) is 18.6. The average molecular weight is 359 g/mol. The summed E-state index contributed by atoms with van der Waals surface area (Å²) in [5.41, 5.74) is 3.38. The lowest BCUT2D eigenvalue weighted by Crippen LogP contribution is -2.04. The van der Waals surface area contributed by atoms with Crippen molar-refractivity contribution in [2.75, 3.05) is 7.05 Å². The molecule has 0 saturated heterocycles. The van der Waals surface area contributed by atoms with Gasteiger partial charge in [0.15, 0.2) is 0 Å². The van der Waals surface area contributed by atoms with Crippen molar-refractivity contribution >= 4 is 27.3 Å². The third-order valence-corrected chi connectivity index (χ3v) is 4.97. The lowest BCUT2D eigenvalue weighted by atomic mass is 10.1. The van der Waals surface area contributed by atoms with Gasteiger partial charge in [0.2, 0.25) is 0 Å². The van der Waals surface area contributed by atoms with Crippen molar-refractivity contribution in [2.24, 2.45) is 0 Å². The number of nitrogens with zero attached hydrogens (tertiary/aromatic N) is 1. The molecule has 0 fully saturated rings. The molecule has 0 radical (unpaired) electrons. The zero-order chi connectivity index (χ0) is 14.7. The van der Waals surface area contributed by atoms with Gasteiger partial charge in [0, 0.05) is 27.0 Å². The molecule has 0 atom stereocenters. The smallest absolute Gasteiger partial charge is 0.125 e. The van der Waals surface area contributed by atoms with Crippen LogP contribution in [0.15, 0.2) is 59.1 Å². The maximum atomic E-state index is 4.88. The molecule has 0 unspecified atom stereocenters. The Kier molecular flexibility index (Phi) is 4.48. The zero-order valence-electron chi connectivity index (χ0n) is 11.6. The van der Waals surface area contributed by atoms with E-state index in [1.54, 1.807) is 11.3 Å². The Morgan fingerprint density at radius 3 is 2.48 bits per heavy atom. The van der Waals surface area contributed by atoms with Crippen molar-refractivity contribution in [3.8, 4) is 21.8 Å².